The first-order valence-corrected chi connectivity index (χ1v) is 9.46. The van der Waals surface area contributed by atoms with Crippen molar-refractivity contribution in [2.24, 2.45) is 0 Å². The standard InChI is InChI=1S/C21H21ClN2O4/c22-17-10-8-16(9-11-17)21(12-4-5-13-21)20(27)28-14-18(25)23-24-19(26)15-6-2-1-3-7-15/h1-3,6-11H,4-5,12-14H2,(H,23,25)(H,24,26). The maximum atomic E-state index is 12.8. The molecule has 2 amide bonds. The number of esters is 1. The third-order valence-corrected chi connectivity index (χ3v) is 5.18. The Bertz CT molecular complexity index is 846. The minimum Gasteiger partial charge on any atom is -0.455 e. The first kappa shape index (κ1) is 19.9. The largest absolute Gasteiger partial charge is 0.455 e. The zero-order chi connectivity index (χ0) is 20.0. The van der Waals surface area contributed by atoms with Gasteiger partial charge in [0.2, 0.25) is 0 Å². The van der Waals surface area contributed by atoms with E-state index in [1.165, 1.54) is 0 Å². The number of benzene rings is 2. The van der Waals surface area contributed by atoms with Gasteiger partial charge in [0.25, 0.3) is 11.8 Å². The summed E-state index contributed by atoms with van der Waals surface area (Å²) in [5.41, 5.74) is 5.05. The number of hydrazine groups is 1. The predicted molar refractivity (Wildman–Crippen MR) is 105 cm³/mol. The Hall–Kier alpha value is -2.86. The summed E-state index contributed by atoms with van der Waals surface area (Å²) in [5.74, 6) is -1.49. The Balaban J connectivity index is 1.55. The predicted octanol–water partition coefficient (Wildman–Crippen LogP) is 3.16. The van der Waals surface area contributed by atoms with Gasteiger partial charge >= 0.3 is 5.97 Å². The molecule has 0 spiro atoms. The monoisotopic (exact) mass is 400 g/mol. The third kappa shape index (κ3) is 4.51. The molecule has 28 heavy (non-hydrogen) atoms. The molecule has 0 unspecified atom stereocenters. The molecule has 0 bridgehead atoms. The Labute approximate surface area is 168 Å². The van der Waals surface area contributed by atoms with E-state index in [2.05, 4.69) is 10.9 Å². The topological polar surface area (TPSA) is 84.5 Å². The van der Waals surface area contributed by atoms with Crippen LogP contribution in [0.3, 0.4) is 0 Å². The number of carbonyl (C=O) groups is 3. The van der Waals surface area contributed by atoms with Gasteiger partial charge in [-0.05, 0) is 42.7 Å². The highest BCUT2D eigenvalue weighted by Gasteiger charge is 2.44. The molecule has 1 saturated carbocycles. The van der Waals surface area contributed by atoms with Crippen molar-refractivity contribution in [3.8, 4) is 0 Å². The van der Waals surface area contributed by atoms with E-state index in [1.807, 2.05) is 12.1 Å². The van der Waals surface area contributed by atoms with Crippen LogP contribution in [-0.4, -0.2) is 24.4 Å². The Morgan fingerprint density at radius 3 is 2.21 bits per heavy atom. The van der Waals surface area contributed by atoms with E-state index in [0.29, 0.717) is 23.4 Å². The van der Waals surface area contributed by atoms with Crippen molar-refractivity contribution in [1.29, 1.82) is 0 Å². The Kier molecular flexibility index (Phi) is 6.31. The van der Waals surface area contributed by atoms with E-state index >= 15 is 0 Å². The lowest BCUT2D eigenvalue weighted by Gasteiger charge is -2.27. The van der Waals surface area contributed by atoms with E-state index in [9.17, 15) is 14.4 Å². The van der Waals surface area contributed by atoms with Crippen molar-refractivity contribution in [1.82, 2.24) is 10.9 Å². The molecule has 0 radical (unpaired) electrons. The summed E-state index contributed by atoms with van der Waals surface area (Å²) in [6.45, 7) is -0.469. The molecule has 2 aromatic carbocycles. The van der Waals surface area contributed by atoms with E-state index in [0.717, 1.165) is 18.4 Å². The van der Waals surface area contributed by atoms with Crippen LogP contribution in [-0.2, 0) is 19.7 Å². The summed E-state index contributed by atoms with van der Waals surface area (Å²) in [4.78, 5) is 36.7. The molecule has 3 rings (SSSR count). The summed E-state index contributed by atoms with van der Waals surface area (Å²) in [7, 11) is 0. The molecule has 1 fully saturated rings. The molecule has 0 heterocycles. The van der Waals surface area contributed by atoms with Crippen LogP contribution in [0.1, 0.15) is 41.6 Å². The van der Waals surface area contributed by atoms with Crippen molar-refractivity contribution in [3.05, 3.63) is 70.7 Å². The summed E-state index contributed by atoms with van der Waals surface area (Å²) in [5, 5.41) is 0.596. The third-order valence-electron chi connectivity index (χ3n) is 4.93. The minimum atomic E-state index is -0.752. The lowest BCUT2D eigenvalue weighted by atomic mass is 9.79. The first-order chi connectivity index (χ1) is 13.5. The zero-order valence-electron chi connectivity index (χ0n) is 15.2. The Morgan fingerprint density at radius 2 is 1.57 bits per heavy atom. The van der Waals surface area contributed by atoms with Crippen LogP contribution in [0.5, 0.6) is 0 Å². The van der Waals surface area contributed by atoms with E-state index in [-0.39, 0.29) is 0 Å². The molecular formula is C21H21ClN2O4. The fourth-order valence-corrected chi connectivity index (χ4v) is 3.58. The molecule has 2 aromatic rings. The average molecular weight is 401 g/mol. The molecule has 0 saturated heterocycles. The molecule has 7 heteroatoms. The van der Waals surface area contributed by atoms with Crippen LogP contribution in [0.2, 0.25) is 5.02 Å². The van der Waals surface area contributed by atoms with Crippen LogP contribution in [0.25, 0.3) is 0 Å². The van der Waals surface area contributed by atoms with Crippen LogP contribution in [0, 0.1) is 0 Å². The molecule has 146 valence electrons. The summed E-state index contributed by atoms with van der Waals surface area (Å²) in [6, 6.07) is 15.6. The van der Waals surface area contributed by atoms with Crippen molar-refractivity contribution >= 4 is 29.4 Å². The number of rotatable bonds is 5. The number of halogens is 1. The van der Waals surface area contributed by atoms with Gasteiger partial charge in [-0.25, -0.2) is 0 Å². The molecule has 1 aliphatic carbocycles. The van der Waals surface area contributed by atoms with Crippen LogP contribution < -0.4 is 10.9 Å². The first-order valence-electron chi connectivity index (χ1n) is 9.09. The van der Waals surface area contributed by atoms with Gasteiger partial charge in [-0.3, -0.25) is 25.2 Å². The normalized spacial score (nSPS) is 14.9. The highest BCUT2D eigenvalue weighted by atomic mass is 35.5. The highest BCUT2D eigenvalue weighted by molar-refractivity contribution is 6.30. The fraction of sp³-hybridized carbons (Fsp3) is 0.286. The van der Waals surface area contributed by atoms with Gasteiger partial charge in [0, 0.05) is 10.6 Å². The summed E-state index contributed by atoms with van der Waals surface area (Å²) in [6.07, 6.45) is 3.16. The molecule has 6 nitrogen and oxygen atoms in total. The van der Waals surface area contributed by atoms with Gasteiger partial charge in [0.1, 0.15) is 0 Å². The number of ether oxygens (including phenoxy) is 1. The average Bonchev–Trinajstić information content (AvgIpc) is 3.22. The van der Waals surface area contributed by atoms with E-state index < -0.39 is 29.8 Å². The SMILES string of the molecule is O=C(COC(=O)C1(c2ccc(Cl)cc2)CCCC1)NNC(=O)c1ccccc1. The summed E-state index contributed by atoms with van der Waals surface area (Å²) < 4.78 is 5.28. The van der Waals surface area contributed by atoms with Gasteiger partial charge < -0.3 is 4.74 Å². The molecule has 1 aliphatic rings. The number of amides is 2. The second kappa shape index (κ2) is 8.89. The summed E-state index contributed by atoms with van der Waals surface area (Å²) >= 11 is 5.95. The van der Waals surface area contributed by atoms with Crippen LogP contribution >= 0.6 is 11.6 Å². The Morgan fingerprint density at radius 1 is 0.929 bits per heavy atom. The number of carbonyl (C=O) groups excluding carboxylic acids is 3. The minimum absolute atomic E-state index is 0.410. The van der Waals surface area contributed by atoms with Crippen LogP contribution in [0.15, 0.2) is 54.6 Å². The fourth-order valence-electron chi connectivity index (χ4n) is 3.45. The molecule has 2 N–H and O–H groups in total. The molecular weight excluding hydrogens is 380 g/mol. The smallest absolute Gasteiger partial charge is 0.317 e. The van der Waals surface area contributed by atoms with Crippen molar-refractivity contribution in [2.75, 3.05) is 6.61 Å². The van der Waals surface area contributed by atoms with E-state index in [1.54, 1.807) is 42.5 Å². The van der Waals surface area contributed by atoms with Gasteiger partial charge in [-0.1, -0.05) is 54.8 Å². The second-order valence-corrected chi connectivity index (χ2v) is 7.18. The van der Waals surface area contributed by atoms with Gasteiger partial charge in [-0.2, -0.15) is 0 Å². The van der Waals surface area contributed by atoms with Gasteiger partial charge in [-0.15, -0.1) is 0 Å². The second-order valence-electron chi connectivity index (χ2n) is 6.74. The molecule has 0 aliphatic heterocycles. The highest BCUT2D eigenvalue weighted by Crippen LogP contribution is 2.42. The zero-order valence-corrected chi connectivity index (χ0v) is 16.0. The molecule has 0 aromatic heterocycles. The van der Waals surface area contributed by atoms with Crippen LogP contribution in [0.4, 0.5) is 0 Å². The number of hydrogen-bond acceptors (Lipinski definition) is 4. The van der Waals surface area contributed by atoms with E-state index in [4.69, 9.17) is 16.3 Å². The van der Waals surface area contributed by atoms with Gasteiger partial charge in [0.05, 0.1) is 5.41 Å². The lowest BCUT2D eigenvalue weighted by Crippen LogP contribution is -2.44. The lowest BCUT2D eigenvalue weighted by molar-refractivity contribution is -0.154. The molecule has 0 atom stereocenters. The van der Waals surface area contributed by atoms with Gasteiger partial charge in [0.15, 0.2) is 6.61 Å². The number of hydrogen-bond donors (Lipinski definition) is 2. The van der Waals surface area contributed by atoms with Crippen molar-refractivity contribution in [3.63, 3.8) is 0 Å². The number of nitrogens with one attached hydrogen (secondary N) is 2. The van der Waals surface area contributed by atoms with Crippen molar-refractivity contribution in [2.45, 2.75) is 31.1 Å². The quantitative estimate of drug-likeness (QED) is 0.596. The maximum absolute atomic E-state index is 12.8. The van der Waals surface area contributed by atoms with Crippen molar-refractivity contribution < 1.29 is 19.1 Å². The maximum Gasteiger partial charge on any atom is 0.317 e.